The molecule has 0 radical (unpaired) electrons. The van der Waals surface area contributed by atoms with Crippen LogP contribution >= 0.6 is 0 Å². The molecule has 3 aromatic rings. The van der Waals surface area contributed by atoms with Crippen molar-refractivity contribution >= 4 is 11.6 Å². The van der Waals surface area contributed by atoms with Crippen molar-refractivity contribution in [2.24, 2.45) is 0 Å². The van der Waals surface area contributed by atoms with Gasteiger partial charge in [-0.1, -0.05) is 17.7 Å². The number of nitrogens with zero attached hydrogens (tertiary/aromatic N) is 4. The molecule has 0 atom stereocenters. The van der Waals surface area contributed by atoms with E-state index in [-0.39, 0.29) is 5.91 Å². The largest absolute Gasteiger partial charge is 0.323 e. The molecular weight excluding hydrogens is 326 g/mol. The molecule has 1 aromatic carbocycles. The first-order valence-corrected chi connectivity index (χ1v) is 8.79. The zero-order valence-electron chi connectivity index (χ0n) is 16.0. The van der Waals surface area contributed by atoms with Crippen molar-refractivity contribution in [1.29, 1.82) is 0 Å². The fourth-order valence-corrected chi connectivity index (χ4v) is 3.07. The Labute approximate surface area is 153 Å². The molecule has 0 fully saturated rings. The number of hydrogen-bond donors (Lipinski definition) is 1. The first kappa shape index (κ1) is 17.9. The van der Waals surface area contributed by atoms with E-state index in [4.69, 9.17) is 0 Å². The van der Waals surface area contributed by atoms with E-state index in [0.29, 0.717) is 13.0 Å². The molecule has 1 N–H and O–H groups in total. The van der Waals surface area contributed by atoms with E-state index in [1.165, 1.54) is 5.56 Å². The Kier molecular flexibility index (Phi) is 4.93. The number of nitrogens with one attached hydrogen (secondary N) is 1. The number of aromatic nitrogens is 4. The number of amides is 1. The van der Waals surface area contributed by atoms with Crippen LogP contribution in [0.2, 0.25) is 0 Å². The van der Waals surface area contributed by atoms with Gasteiger partial charge in [0.05, 0.1) is 28.5 Å². The Hall–Kier alpha value is -2.89. The zero-order chi connectivity index (χ0) is 18.8. The highest BCUT2D eigenvalue weighted by Gasteiger charge is 2.15. The number of aryl methyl sites for hydroxylation is 5. The normalized spacial score (nSPS) is 11.0. The van der Waals surface area contributed by atoms with Crippen LogP contribution in [0.4, 0.5) is 5.69 Å². The maximum Gasteiger partial charge on any atom is 0.226 e. The van der Waals surface area contributed by atoms with Crippen molar-refractivity contribution in [1.82, 2.24) is 19.6 Å². The van der Waals surface area contributed by atoms with Gasteiger partial charge in [-0.3, -0.25) is 9.48 Å². The van der Waals surface area contributed by atoms with Crippen LogP contribution in [0.5, 0.6) is 0 Å². The predicted octanol–water partition coefficient (Wildman–Crippen LogP) is 3.64. The zero-order valence-corrected chi connectivity index (χ0v) is 16.0. The summed E-state index contributed by atoms with van der Waals surface area (Å²) in [6, 6.07) is 10.2. The minimum absolute atomic E-state index is 0.0350. The first-order valence-electron chi connectivity index (χ1n) is 8.79. The highest BCUT2D eigenvalue weighted by molar-refractivity contribution is 5.91. The SMILES string of the molecule is Cc1ccc(-n2nc(C)c(NC(=O)CCn3nc(C)cc3C)c2C)cc1. The van der Waals surface area contributed by atoms with E-state index < -0.39 is 0 Å². The Morgan fingerprint density at radius 1 is 1.04 bits per heavy atom. The lowest BCUT2D eigenvalue weighted by molar-refractivity contribution is -0.116. The van der Waals surface area contributed by atoms with E-state index in [1.54, 1.807) is 0 Å². The molecule has 2 aromatic heterocycles. The number of benzene rings is 1. The average Bonchev–Trinajstić information content (AvgIpc) is 3.06. The summed E-state index contributed by atoms with van der Waals surface area (Å²) in [5.74, 6) is -0.0350. The molecule has 0 aliphatic carbocycles. The van der Waals surface area contributed by atoms with Gasteiger partial charge >= 0.3 is 0 Å². The Morgan fingerprint density at radius 2 is 1.73 bits per heavy atom. The van der Waals surface area contributed by atoms with Crippen LogP contribution < -0.4 is 5.32 Å². The third-order valence-corrected chi connectivity index (χ3v) is 4.49. The van der Waals surface area contributed by atoms with Gasteiger partial charge in [-0.2, -0.15) is 10.2 Å². The lowest BCUT2D eigenvalue weighted by Gasteiger charge is -2.08. The molecule has 26 heavy (non-hydrogen) atoms. The Bertz CT molecular complexity index is 934. The minimum Gasteiger partial charge on any atom is -0.323 e. The molecule has 1 amide bonds. The summed E-state index contributed by atoms with van der Waals surface area (Å²) >= 11 is 0. The molecule has 3 rings (SSSR count). The molecule has 0 aliphatic heterocycles. The lowest BCUT2D eigenvalue weighted by Crippen LogP contribution is -2.16. The van der Waals surface area contributed by atoms with Crippen molar-refractivity contribution in [2.45, 2.75) is 47.6 Å². The third-order valence-electron chi connectivity index (χ3n) is 4.49. The fourth-order valence-electron chi connectivity index (χ4n) is 3.07. The van der Waals surface area contributed by atoms with Crippen LogP contribution in [0.25, 0.3) is 5.69 Å². The monoisotopic (exact) mass is 351 g/mol. The maximum atomic E-state index is 12.4. The van der Waals surface area contributed by atoms with Gasteiger partial charge in [0.15, 0.2) is 0 Å². The van der Waals surface area contributed by atoms with Gasteiger partial charge in [-0.05, 0) is 52.8 Å². The summed E-state index contributed by atoms with van der Waals surface area (Å²) in [4.78, 5) is 12.4. The van der Waals surface area contributed by atoms with Crippen molar-refractivity contribution in [3.63, 3.8) is 0 Å². The van der Waals surface area contributed by atoms with Gasteiger partial charge in [0, 0.05) is 18.7 Å². The standard InChI is InChI=1S/C20H25N5O/c1-13-6-8-18(9-7-13)25-17(5)20(16(4)23-25)21-19(26)10-11-24-15(3)12-14(2)22-24/h6-9,12H,10-11H2,1-5H3,(H,21,26). The van der Waals surface area contributed by atoms with Gasteiger partial charge in [0.1, 0.15) is 0 Å². The summed E-state index contributed by atoms with van der Waals surface area (Å²) < 4.78 is 3.73. The van der Waals surface area contributed by atoms with E-state index in [0.717, 1.165) is 34.2 Å². The van der Waals surface area contributed by atoms with E-state index in [9.17, 15) is 4.79 Å². The van der Waals surface area contributed by atoms with E-state index >= 15 is 0 Å². The van der Waals surface area contributed by atoms with Crippen LogP contribution in [0.3, 0.4) is 0 Å². The molecule has 6 heteroatoms. The number of anilines is 1. The maximum absolute atomic E-state index is 12.4. The summed E-state index contributed by atoms with van der Waals surface area (Å²) in [5, 5.41) is 12.0. The minimum atomic E-state index is -0.0350. The second-order valence-corrected chi connectivity index (χ2v) is 6.74. The van der Waals surface area contributed by atoms with Crippen molar-refractivity contribution in [2.75, 3.05) is 5.32 Å². The number of rotatable bonds is 5. The molecular formula is C20H25N5O. The van der Waals surface area contributed by atoms with Crippen LogP contribution in [0.15, 0.2) is 30.3 Å². The molecule has 0 unspecified atom stereocenters. The Balaban J connectivity index is 1.72. The van der Waals surface area contributed by atoms with Gasteiger partial charge in [0.25, 0.3) is 0 Å². The van der Waals surface area contributed by atoms with Gasteiger partial charge < -0.3 is 5.32 Å². The average molecular weight is 351 g/mol. The topological polar surface area (TPSA) is 64.7 Å². The van der Waals surface area contributed by atoms with Crippen molar-refractivity contribution in [3.8, 4) is 5.69 Å². The molecule has 0 saturated carbocycles. The summed E-state index contributed by atoms with van der Waals surface area (Å²) in [5.41, 5.74) is 6.73. The number of hydrogen-bond acceptors (Lipinski definition) is 3. The van der Waals surface area contributed by atoms with E-state index in [1.807, 2.05) is 55.3 Å². The lowest BCUT2D eigenvalue weighted by atomic mass is 10.2. The summed E-state index contributed by atoms with van der Waals surface area (Å²) in [6.07, 6.45) is 0.372. The molecule has 0 spiro atoms. The molecule has 0 aliphatic rings. The van der Waals surface area contributed by atoms with Crippen LogP contribution in [-0.4, -0.2) is 25.5 Å². The van der Waals surface area contributed by atoms with Crippen molar-refractivity contribution in [3.05, 3.63) is 58.7 Å². The fraction of sp³-hybridized carbons (Fsp3) is 0.350. The first-order chi connectivity index (χ1) is 12.3. The predicted molar refractivity (Wildman–Crippen MR) is 103 cm³/mol. The van der Waals surface area contributed by atoms with Crippen molar-refractivity contribution < 1.29 is 4.79 Å². The Morgan fingerprint density at radius 3 is 2.35 bits per heavy atom. The number of carbonyl (C=O) groups excluding carboxylic acids is 1. The quantitative estimate of drug-likeness (QED) is 0.763. The van der Waals surface area contributed by atoms with Crippen LogP contribution in [-0.2, 0) is 11.3 Å². The van der Waals surface area contributed by atoms with Crippen LogP contribution in [0.1, 0.15) is 34.8 Å². The molecule has 0 bridgehead atoms. The summed E-state index contributed by atoms with van der Waals surface area (Å²) in [6.45, 7) is 10.5. The highest BCUT2D eigenvalue weighted by atomic mass is 16.1. The smallest absolute Gasteiger partial charge is 0.226 e. The van der Waals surface area contributed by atoms with Gasteiger partial charge in [0.2, 0.25) is 5.91 Å². The summed E-state index contributed by atoms with van der Waals surface area (Å²) in [7, 11) is 0. The molecule has 2 heterocycles. The second-order valence-electron chi connectivity index (χ2n) is 6.74. The molecule has 0 saturated heterocycles. The number of carbonyl (C=O) groups is 1. The van der Waals surface area contributed by atoms with Gasteiger partial charge in [-0.25, -0.2) is 4.68 Å². The molecule has 136 valence electrons. The molecule has 6 nitrogen and oxygen atoms in total. The second kappa shape index (κ2) is 7.15. The highest BCUT2D eigenvalue weighted by Crippen LogP contribution is 2.23. The van der Waals surface area contributed by atoms with Crippen LogP contribution in [0, 0.1) is 34.6 Å². The third kappa shape index (κ3) is 3.69. The van der Waals surface area contributed by atoms with E-state index in [2.05, 4.69) is 34.6 Å². The van der Waals surface area contributed by atoms with Gasteiger partial charge in [-0.15, -0.1) is 0 Å².